The van der Waals surface area contributed by atoms with Gasteiger partial charge in [0.15, 0.2) is 0 Å². The van der Waals surface area contributed by atoms with Crippen LogP contribution in [0.15, 0.2) is 12.2 Å². The van der Waals surface area contributed by atoms with E-state index < -0.39 is 5.97 Å². The molecule has 1 aliphatic rings. The van der Waals surface area contributed by atoms with Gasteiger partial charge in [0, 0.05) is 12.2 Å². The minimum absolute atomic E-state index is 0.0324. The van der Waals surface area contributed by atoms with E-state index in [1.807, 2.05) is 6.92 Å². The normalized spacial score (nSPS) is 25.2. The third-order valence-electron chi connectivity index (χ3n) is 2.50. The maximum Gasteiger partial charge on any atom is 0.331 e. The van der Waals surface area contributed by atoms with Crippen molar-refractivity contribution in [2.45, 2.75) is 13.3 Å². The Labute approximate surface area is 72.0 Å². The molecule has 2 unspecified atom stereocenters. The van der Waals surface area contributed by atoms with Crippen molar-refractivity contribution in [2.75, 3.05) is 13.2 Å². The predicted molar refractivity (Wildman–Crippen MR) is 44.9 cm³/mol. The van der Waals surface area contributed by atoms with Gasteiger partial charge in [-0.1, -0.05) is 13.5 Å². The van der Waals surface area contributed by atoms with E-state index in [0.29, 0.717) is 18.1 Å². The summed E-state index contributed by atoms with van der Waals surface area (Å²) in [4.78, 5) is 10.6. The van der Waals surface area contributed by atoms with Crippen molar-refractivity contribution in [3.05, 3.63) is 12.2 Å². The molecule has 0 amide bonds. The van der Waals surface area contributed by atoms with E-state index in [2.05, 4.69) is 6.58 Å². The van der Waals surface area contributed by atoms with Crippen molar-refractivity contribution >= 4 is 5.97 Å². The zero-order valence-electron chi connectivity index (χ0n) is 7.25. The first-order valence-corrected chi connectivity index (χ1v) is 4.12. The van der Waals surface area contributed by atoms with Crippen molar-refractivity contribution in [1.29, 1.82) is 0 Å². The Balaban J connectivity index is 2.51. The van der Waals surface area contributed by atoms with Crippen LogP contribution in [-0.2, 0) is 9.53 Å². The van der Waals surface area contributed by atoms with E-state index in [9.17, 15) is 4.79 Å². The lowest BCUT2D eigenvalue weighted by Crippen LogP contribution is -2.18. The molecule has 1 rings (SSSR count). The molecule has 0 spiro atoms. The summed E-state index contributed by atoms with van der Waals surface area (Å²) in [6.07, 6.45) is 0.952. The fourth-order valence-corrected chi connectivity index (χ4v) is 1.43. The quantitative estimate of drug-likeness (QED) is 0.649. The number of carbonyl (C=O) groups is 1. The average molecular weight is 170 g/mol. The first-order valence-electron chi connectivity index (χ1n) is 4.12. The van der Waals surface area contributed by atoms with Crippen LogP contribution >= 0.6 is 0 Å². The Bertz CT molecular complexity index is 192. The van der Waals surface area contributed by atoms with Crippen LogP contribution in [-0.4, -0.2) is 24.3 Å². The number of ether oxygens (including phenoxy) is 1. The highest BCUT2D eigenvalue weighted by Gasteiger charge is 2.26. The van der Waals surface area contributed by atoms with Gasteiger partial charge in [-0.05, 0) is 18.3 Å². The van der Waals surface area contributed by atoms with E-state index in [1.165, 1.54) is 0 Å². The van der Waals surface area contributed by atoms with Crippen molar-refractivity contribution in [3.8, 4) is 0 Å². The zero-order chi connectivity index (χ0) is 9.14. The molecule has 3 nitrogen and oxygen atoms in total. The molecule has 0 aromatic carbocycles. The molecule has 1 heterocycles. The Morgan fingerprint density at radius 3 is 2.83 bits per heavy atom. The molecule has 0 aliphatic carbocycles. The first-order chi connectivity index (χ1) is 5.63. The summed E-state index contributed by atoms with van der Waals surface area (Å²) < 4.78 is 5.17. The monoisotopic (exact) mass is 170 g/mol. The van der Waals surface area contributed by atoms with Crippen LogP contribution in [0.3, 0.4) is 0 Å². The molecule has 0 saturated carbocycles. The van der Waals surface area contributed by atoms with Crippen molar-refractivity contribution < 1.29 is 14.6 Å². The molecular formula is C9H14O3. The third-order valence-corrected chi connectivity index (χ3v) is 2.50. The van der Waals surface area contributed by atoms with Crippen LogP contribution in [0.4, 0.5) is 0 Å². The molecule has 2 atom stereocenters. The third kappa shape index (κ3) is 1.85. The Hall–Kier alpha value is -0.830. The lowest BCUT2D eigenvalue weighted by Gasteiger charge is -2.16. The maximum absolute atomic E-state index is 10.6. The van der Waals surface area contributed by atoms with Crippen molar-refractivity contribution in [3.63, 3.8) is 0 Å². The van der Waals surface area contributed by atoms with Gasteiger partial charge in [0.25, 0.3) is 0 Å². The van der Waals surface area contributed by atoms with Crippen LogP contribution in [0.1, 0.15) is 13.3 Å². The summed E-state index contributed by atoms with van der Waals surface area (Å²) >= 11 is 0. The molecular weight excluding hydrogens is 156 g/mol. The number of hydrogen-bond donors (Lipinski definition) is 1. The van der Waals surface area contributed by atoms with E-state index in [4.69, 9.17) is 9.84 Å². The van der Waals surface area contributed by atoms with Gasteiger partial charge in [-0.15, -0.1) is 0 Å². The second-order valence-electron chi connectivity index (χ2n) is 3.24. The first kappa shape index (κ1) is 9.26. The van der Waals surface area contributed by atoms with Crippen LogP contribution in [0, 0.1) is 11.8 Å². The lowest BCUT2D eigenvalue weighted by molar-refractivity contribution is -0.133. The SMILES string of the molecule is C=C(C(=O)O)C(C)C1CCOC1. The van der Waals surface area contributed by atoms with Crippen LogP contribution in [0.5, 0.6) is 0 Å². The number of carboxylic acids is 1. The second kappa shape index (κ2) is 3.72. The van der Waals surface area contributed by atoms with Gasteiger partial charge in [-0.2, -0.15) is 0 Å². The Morgan fingerprint density at radius 1 is 1.75 bits per heavy atom. The molecule has 0 bridgehead atoms. The van der Waals surface area contributed by atoms with Gasteiger partial charge in [0.2, 0.25) is 0 Å². The largest absolute Gasteiger partial charge is 0.478 e. The van der Waals surface area contributed by atoms with Crippen LogP contribution in [0.2, 0.25) is 0 Å². The molecule has 68 valence electrons. The van der Waals surface area contributed by atoms with Crippen LogP contribution in [0.25, 0.3) is 0 Å². The number of rotatable bonds is 3. The maximum atomic E-state index is 10.6. The smallest absolute Gasteiger partial charge is 0.331 e. The second-order valence-corrected chi connectivity index (χ2v) is 3.24. The fraction of sp³-hybridized carbons (Fsp3) is 0.667. The summed E-state index contributed by atoms with van der Waals surface area (Å²) in [6, 6.07) is 0. The fourth-order valence-electron chi connectivity index (χ4n) is 1.43. The predicted octanol–water partition coefficient (Wildman–Crippen LogP) is 1.30. The number of aliphatic carboxylic acids is 1. The highest BCUT2D eigenvalue weighted by Crippen LogP contribution is 2.26. The highest BCUT2D eigenvalue weighted by molar-refractivity contribution is 5.86. The number of carboxylic acid groups (broad SMARTS) is 1. The minimum Gasteiger partial charge on any atom is -0.478 e. The topological polar surface area (TPSA) is 46.5 Å². The molecule has 0 aromatic rings. The van der Waals surface area contributed by atoms with Crippen molar-refractivity contribution in [1.82, 2.24) is 0 Å². The summed E-state index contributed by atoms with van der Waals surface area (Å²) in [7, 11) is 0. The standard InChI is InChI=1S/C9H14O3/c1-6(7(2)9(10)11)8-3-4-12-5-8/h6,8H,2-5H2,1H3,(H,10,11). The highest BCUT2D eigenvalue weighted by atomic mass is 16.5. The van der Waals surface area contributed by atoms with E-state index in [0.717, 1.165) is 13.0 Å². The van der Waals surface area contributed by atoms with Gasteiger partial charge in [-0.3, -0.25) is 0 Å². The number of hydrogen-bond acceptors (Lipinski definition) is 2. The van der Waals surface area contributed by atoms with Gasteiger partial charge in [0.05, 0.1) is 6.61 Å². The van der Waals surface area contributed by atoms with E-state index in [-0.39, 0.29) is 5.92 Å². The summed E-state index contributed by atoms with van der Waals surface area (Å²) in [5.74, 6) is -0.520. The molecule has 12 heavy (non-hydrogen) atoms. The van der Waals surface area contributed by atoms with E-state index in [1.54, 1.807) is 0 Å². The van der Waals surface area contributed by atoms with Gasteiger partial charge < -0.3 is 9.84 Å². The molecule has 3 heteroatoms. The molecule has 1 saturated heterocycles. The summed E-state index contributed by atoms with van der Waals surface area (Å²) in [6.45, 7) is 6.87. The molecule has 0 aromatic heterocycles. The Morgan fingerprint density at radius 2 is 2.42 bits per heavy atom. The lowest BCUT2D eigenvalue weighted by atomic mass is 9.88. The average Bonchev–Trinajstić information content (AvgIpc) is 2.53. The van der Waals surface area contributed by atoms with Crippen molar-refractivity contribution in [2.24, 2.45) is 11.8 Å². The molecule has 1 fully saturated rings. The van der Waals surface area contributed by atoms with Crippen LogP contribution < -0.4 is 0 Å². The van der Waals surface area contributed by atoms with Gasteiger partial charge in [-0.25, -0.2) is 4.79 Å². The summed E-state index contributed by atoms with van der Waals surface area (Å²) in [5, 5.41) is 8.67. The summed E-state index contributed by atoms with van der Waals surface area (Å²) in [5.41, 5.74) is 0.297. The van der Waals surface area contributed by atoms with E-state index >= 15 is 0 Å². The molecule has 0 radical (unpaired) electrons. The van der Waals surface area contributed by atoms with Gasteiger partial charge in [0.1, 0.15) is 0 Å². The zero-order valence-corrected chi connectivity index (χ0v) is 7.25. The van der Waals surface area contributed by atoms with Gasteiger partial charge >= 0.3 is 5.97 Å². The molecule has 1 aliphatic heterocycles. The minimum atomic E-state index is -0.894. The Kier molecular flexibility index (Phi) is 2.87. The molecule has 1 N–H and O–H groups in total.